The van der Waals surface area contributed by atoms with Crippen LogP contribution in [0.2, 0.25) is 0 Å². The third-order valence-electron chi connectivity index (χ3n) is 1.97. The van der Waals surface area contributed by atoms with Gasteiger partial charge < -0.3 is 9.15 Å². The van der Waals surface area contributed by atoms with Gasteiger partial charge in [0, 0.05) is 0 Å². The van der Waals surface area contributed by atoms with E-state index in [0.717, 1.165) is 4.57 Å². The Balaban J connectivity index is 2.64. The van der Waals surface area contributed by atoms with Gasteiger partial charge in [0.1, 0.15) is 0 Å². The summed E-state index contributed by atoms with van der Waals surface area (Å²) in [6, 6.07) is 6.95. The van der Waals surface area contributed by atoms with Gasteiger partial charge in [-0.25, -0.2) is 4.79 Å². The highest BCUT2D eigenvalue weighted by molar-refractivity contribution is 5.84. The molecule has 0 spiro atoms. The molecule has 0 atom stereocenters. The van der Waals surface area contributed by atoms with E-state index in [1.165, 1.54) is 0 Å². The van der Waals surface area contributed by atoms with Crippen molar-refractivity contribution in [1.29, 1.82) is 5.41 Å². The first-order valence-electron chi connectivity index (χ1n) is 4.56. The number of hydrogen-bond acceptors (Lipinski definition) is 4. The van der Waals surface area contributed by atoms with Crippen molar-refractivity contribution >= 4 is 17.2 Å². The Morgan fingerprint density at radius 3 is 3.00 bits per heavy atom. The lowest BCUT2D eigenvalue weighted by Crippen LogP contribution is -2.24. The molecule has 0 bridgehead atoms. The van der Waals surface area contributed by atoms with Gasteiger partial charge in [-0.15, -0.1) is 0 Å². The summed E-state index contributed by atoms with van der Waals surface area (Å²) >= 11 is 0. The highest BCUT2D eigenvalue weighted by Gasteiger charge is 2.13. The van der Waals surface area contributed by atoms with Crippen LogP contribution in [0.15, 0.2) is 28.7 Å². The minimum Gasteiger partial charge on any atom is -0.449 e. The van der Waals surface area contributed by atoms with Gasteiger partial charge in [-0.3, -0.25) is 5.41 Å². The molecule has 5 nitrogen and oxygen atoms in total. The number of carbonyl (C=O) groups excluding carboxylic acids is 1. The van der Waals surface area contributed by atoms with Gasteiger partial charge >= 0.3 is 11.8 Å². The lowest BCUT2D eigenvalue weighted by Gasteiger charge is -2.00. The molecule has 1 heterocycles. The van der Waals surface area contributed by atoms with Gasteiger partial charge in [0.25, 0.3) is 0 Å². The molecule has 0 amide bonds. The van der Waals surface area contributed by atoms with Gasteiger partial charge in [-0.1, -0.05) is 12.1 Å². The van der Waals surface area contributed by atoms with Crippen LogP contribution in [0.5, 0.6) is 0 Å². The van der Waals surface area contributed by atoms with E-state index in [1.54, 1.807) is 31.2 Å². The maximum absolute atomic E-state index is 11.5. The van der Waals surface area contributed by atoms with Crippen LogP contribution in [0.3, 0.4) is 0 Å². The third-order valence-corrected chi connectivity index (χ3v) is 1.97. The van der Waals surface area contributed by atoms with Crippen LogP contribution in [0.25, 0.3) is 11.1 Å². The van der Waals surface area contributed by atoms with Crippen LogP contribution in [0.1, 0.15) is 6.92 Å². The molecular weight excluding hydrogens is 196 g/mol. The number of benzene rings is 1. The number of para-hydroxylation sites is 2. The van der Waals surface area contributed by atoms with E-state index < -0.39 is 6.09 Å². The van der Waals surface area contributed by atoms with Crippen molar-refractivity contribution in [3.63, 3.8) is 0 Å². The molecule has 0 saturated heterocycles. The van der Waals surface area contributed by atoms with Gasteiger partial charge in [0.2, 0.25) is 0 Å². The molecule has 78 valence electrons. The highest BCUT2D eigenvalue weighted by Crippen LogP contribution is 2.11. The molecule has 0 aliphatic carbocycles. The van der Waals surface area contributed by atoms with Crippen molar-refractivity contribution in [2.24, 2.45) is 0 Å². The predicted molar refractivity (Wildman–Crippen MR) is 52.5 cm³/mol. The molecule has 2 aromatic rings. The zero-order valence-electron chi connectivity index (χ0n) is 8.19. The number of aromatic nitrogens is 1. The summed E-state index contributed by atoms with van der Waals surface area (Å²) in [5.74, 6) is 0. The molecule has 0 saturated carbocycles. The van der Waals surface area contributed by atoms with Crippen LogP contribution >= 0.6 is 0 Å². The van der Waals surface area contributed by atoms with E-state index in [0.29, 0.717) is 11.1 Å². The minimum absolute atomic E-state index is 0.227. The van der Waals surface area contributed by atoms with Crippen molar-refractivity contribution in [2.75, 3.05) is 6.61 Å². The Morgan fingerprint density at radius 1 is 1.53 bits per heavy atom. The van der Waals surface area contributed by atoms with Crippen molar-refractivity contribution < 1.29 is 13.9 Å². The Hall–Kier alpha value is -2.04. The second-order valence-electron chi connectivity index (χ2n) is 2.91. The summed E-state index contributed by atoms with van der Waals surface area (Å²) in [5, 5.41) is 7.50. The average Bonchev–Trinajstić information content (AvgIpc) is 2.54. The Labute approximate surface area is 85.4 Å². The molecule has 1 N–H and O–H groups in total. The number of oxazole rings is 1. The summed E-state index contributed by atoms with van der Waals surface area (Å²) in [6.45, 7) is 1.98. The second-order valence-corrected chi connectivity index (χ2v) is 2.91. The Kier molecular flexibility index (Phi) is 2.29. The zero-order valence-corrected chi connectivity index (χ0v) is 8.19. The molecule has 0 radical (unpaired) electrons. The fraction of sp³-hybridized carbons (Fsp3) is 0.200. The first-order valence-corrected chi connectivity index (χ1v) is 4.56. The van der Waals surface area contributed by atoms with Crippen molar-refractivity contribution in [3.8, 4) is 0 Å². The maximum Gasteiger partial charge on any atom is 0.422 e. The van der Waals surface area contributed by atoms with Crippen LogP contribution in [-0.4, -0.2) is 17.3 Å². The lowest BCUT2D eigenvalue weighted by atomic mass is 10.3. The molecule has 0 unspecified atom stereocenters. The highest BCUT2D eigenvalue weighted by atomic mass is 16.6. The Morgan fingerprint density at radius 2 is 2.27 bits per heavy atom. The maximum atomic E-state index is 11.5. The van der Waals surface area contributed by atoms with E-state index >= 15 is 0 Å². The number of rotatable bonds is 1. The molecule has 1 aromatic carbocycles. The minimum atomic E-state index is -0.590. The average molecular weight is 206 g/mol. The van der Waals surface area contributed by atoms with E-state index in [9.17, 15) is 4.79 Å². The summed E-state index contributed by atoms with van der Waals surface area (Å²) in [5.41, 5.74) is 0.811. The first kappa shape index (κ1) is 9.51. The van der Waals surface area contributed by atoms with Crippen molar-refractivity contribution in [1.82, 2.24) is 4.57 Å². The van der Waals surface area contributed by atoms with E-state index in [2.05, 4.69) is 0 Å². The monoisotopic (exact) mass is 206 g/mol. The molecule has 5 heteroatoms. The molecule has 15 heavy (non-hydrogen) atoms. The molecule has 1 aromatic heterocycles. The van der Waals surface area contributed by atoms with Crippen molar-refractivity contribution in [2.45, 2.75) is 6.92 Å². The largest absolute Gasteiger partial charge is 0.449 e. The van der Waals surface area contributed by atoms with Gasteiger partial charge in [0.15, 0.2) is 5.58 Å². The van der Waals surface area contributed by atoms with Crippen LogP contribution < -0.4 is 5.68 Å². The summed E-state index contributed by atoms with van der Waals surface area (Å²) < 4.78 is 11.0. The SMILES string of the molecule is CCOC(=O)n1c(=N)oc2ccccc21. The predicted octanol–water partition coefficient (Wildman–Crippen LogP) is 1.72. The lowest BCUT2D eigenvalue weighted by molar-refractivity contribution is 0.152. The topological polar surface area (TPSA) is 68.2 Å². The molecular formula is C10H10N2O3. The quantitative estimate of drug-likeness (QED) is 0.772. The first-order chi connectivity index (χ1) is 7.24. The summed E-state index contributed by atoms with van der Waals surface area (Å²) in [4.78, 5) is 11.5. The van der Waals surface area contributed by atoms with E-state index in [4.69, 9.17) is 14.6 Å². The summed E-state index contributed by atoms with van der Waals surface area (Å²) in [7, 11) is 0. The number of nitrogens with one attached hydrogen (secondary N) is 1. The van der Waals surface area contributed by atoms with Crippen LogP contribution in [0, 0.1) is 5.41 Å². The van der Waals surface area contributed by atoms with Gasteiger partial charge in [0.05, 0.1) is 12.1 Å². The normalized spacial score (nSPS) is 10.5. The van der Waals surface area contributed by atoms with E-state index in [-0.39, 0.29) is 12.3 Å². The number of carbonyl (C=O) groups is 1. The molecule has 2 rings (SSSR count). The molecule has 0 aliphatic rings. The third kappa shape index (κ3) is 1.52. The van der Waals surface area contributed by atoms with Crippen LogP contribution in [0.4, 0.5) is 4.79 Å². The van der Waals surface area contributed by atoms with Crippen molar-refractivity contribution in [3.05, 3.63) is 29.9 Å². The molecule has 0 aliphatic heterocycles. The number of nitrogens with zero attached hydrogens (tertiary/aromatic N) is 1. The van der Waals surface area contributed by atoms with Gasteiger partial charge in [-0.05, 0) is 19.1 Å². The summed E-state index contributed by atoms with van der Waals surface area (Å²) in [6.07, 6.45) is -0.590. The smallest absolute Gasteiger partial charge is 0.422 e. The number of hydrogen-bond donors (Lipinski definition) is 1. The fourth-order valence-electron chi connectivity index (χ4n) is 1.36. The van der Waals surface area contributed by atoms with Crippen LogP contribution in [-0.2, 0) is 4.74 Å². The molecule has 0 fully saturated rings. The number of ether oxygens (including phenoxy) is 1. The van der Waals surface area contributed by atoms with Gasteiger partial charge in [-0.2, -0.15) is 4.57 Å². The Bertz CT molecular complexity index is 553. The van der Waals surface area contributed by atoms with E-state index in [1.807, 2.05) is 0 Å². The zero-order chi connectivity index (χ0) is 10.8. The fourth-order valence-corrected chi connectivity index (χ4v) is 1.36. The second kappa shape index (κ2) is 3.61. The standard InChI is InChI=1S/C10H10N2O3/c1-2-14-10(13)12-7-5-3-4-6-8(7)15-9(12)11/h3-6,11H,2H2,1H3. The number of fused-ring (bicyclic) bond motifs is 1.